The predicted octanol–water partition coefficient (Wildman–Crippen LogP) is 3.43. The van der Waals surface area contributed by atoms with Crippen molar-refractivity contribution in [3.8, 4) is 0 Å². The van der Waals surface area contributed by atoms with Crippen LogP contribution in [0.2, 0.25) is 5.15 Å². The number of anilines is 1. The van der Waals surface area contributed by atoms with E-state index in [9.17, 15) is 9.18 Å². The summed E-state index contributed by atoms with van der Waals surface area (Å²) in [5.74, 6) is -0.893. The van der Waals surface area contributed by atoms with Crippen LogP contribution in [0.25, 0.3) is 0 Å². The van der Waals surface area contributed by atoms with E-state index in [4.69, 9.17) is 11.6 Å². The first-order valence-electron chi connectivity index (χ1n) is 5.26. The van der Waals surface area contributed by atoms with Crippen molar-refractivity contribution in [2.75, 3.05) is 5.32 Å². The van der Waals surface area contributed by atoms with Crippen LogP contribution in [0.3, 0.4) is 0 Å². The third-order valence-electron chi connectivity index (χ3n) is 2.45. The Morgan fingerprint density at radius 1 is 1.39 bits per heavy atom. The van der Waals surface area contributed by atoms with Crippen molar-refractivity contribution in [3.05, 3.63) is 58.6 Å². The molecule has 0 atom stereocenters. The van der Waals surface area contributed by atoms with Gasteiger partial charge in [0.2, 0.25) is 0 Å². The van der Waals surface area contributed by atoms with Crippen LogP contribution in [0.1, 0.15) is 15.9 Å². The number of amides is 1. The number of benzene rings is 1. The fourth-order valence-electron chi connectivity index (χ4n) is 1.52. The zero-order valence-corrected chi connectivity index (χ0v) is 10.3. The number of carbonyl (C=O) groups excluding carboxylic acids is 1. The summed E-state index contributed by atoms with van der Waals surface area (Å²) in [6.07, 6.45) is 1.42. The number of halogens is 2. The second-order valence-corrected chi connectivity index (χ2v) is 4.14. The van der Waals surface area contributed by atoms with Gasteiger partial charge in [-0.1, -0.05) is 23.7 Å². The van der Waals surface area contributed by atoms with E-state index in [1.54, 1.807) is 19.1 Å². The Bertz CT molecular complexity index is 581. The summed E-state index contributed by atoms with van der Waals surface area (Å²) in [6, 6.07) is 7.54. The number of rotatable bonds is 2. The van der Waals surface area contributed by atoms with Gasteiger partial charge in [-0.3, -0.25) is 4.79 Å². The van der Waals surface area contributed by atoms with E-state index < -0.39 is 11.7 Å². The average molecular weight is 265 g/mol. The maximum Gasteiger partial charge on any atom is 0.255 e. The van der Waals surface area contributed by atoms with E-state index in [-0.39, 0.29) is 10.8 Å². The molecule has 1 amide bonds. The number of pyridine rings is 1. The zero-order valence-electron chi connectivity index (χ0n) is 9.58. The lowest BCUT2D eigenvalue weighted by Gasteiger charge is -2.09. The summed E-state index contributed by atoms with van der Waals surface area (Å²) in [4.78, 5) is 15.7. The minimum atomic E-state index is -0.469. The number of hydrogen-bond donors (Lipinski definition) is 1. The van der Waals surface area contributed by atoms with Crippen LogP contribution >= 0.6 is 11.6 Å². The van der Waals surface area contributed by atoms with Gasteiger partial charge in [0.05, 0.1) is 5.69 Å². The van der Waals surface area contributed by atoms with Crippen molar-refractivity contribution < 1.29 is 9.18 Å². The molecule has 1 N–H and O–H groups in total. The molecule has 0 spiro atoms. The summed E-state index contributed by atoms with van der Waals surface area (Å²) in [7, 11) is 0. The third kappa shape index (κ3) is 2.65. The molecule has 1 aromatic carbocycles. The van der Waals surface area contributed by atoms with Crippen LogP contribution in [0.4, 0.5) is 10.1 Å². The van der Waals surface area contributed by atoms with Crippen molar-refractivity contribution in [1.29, 1.82) is 0 Å². The topological polar surface area (TPSA) is 42.0 Å². The van der Waals surface area contributed by atoms with E-state index in [1.165, 1.54) is 24.4 Å². The van der Waals surface area contributed by atoms with Gasteiger partial charge in [0, 0.05) is 11.8 Å². The van der Waals surface area contributed by atoms with Gasteiger partial charge in [0.25, 0.3) is 5.91 Å². The Morgan fingerprint density at radius 3 is 2.83 bits per heavy atom. The largest absolute Gasteiger partial charge is 0.319 e. The standard InChI is InChI=1S/C13H10ClFN2O/c1-8-3-2-4-10(15)12(8)17-13(18)9-5-6-16-11(14)7-9/h2-7H,1H3,(H,17,18). The number of aryl methyl sites for hydroxylation is 1. The highest BCUT2D eigenvalue weighted by atomic mass is 35.5. The quantitative estimate of drug-likeness (QED) is 0.845. The minimum Gasteiger partial charge on any atom is -0.319 e. The number of carbonyl (C=O) groups is 1. The fourth-order valence-corrected chi connectivity index (χ4v) is 1.69. The van der Waals surface area contributed by atoms with E-state index >= 15 is 0 Å². The van der Waals surface area contributed by atoms with Gasteiger partial charge in [0.15, 0.2) is 0 Å². The molecule has 2 aromatic rings. The highest BCUT2D eigenvalue weighted by molar-refractivity contribution is 6.29. The molecule has 1 aromatic heterocycles. The molecule has 18 heavy (non-hydrogen) atoms. The van der Waals surface area contributed by atoms with Gasteiger partial charge >= 0.3 is 0 Å². The van der Waals surface area contributed by atoms with Crippen LogP contribution < -0.4 is 5.32 Å². The molecular weight excluding hydrogens is 255 g/mol. The first kappa shape index (κ1) is 12.5. The first-order chi connectivity index (χ1) is 8.58. The van der Waals surface area contributed by atoms with Crippen molar-refractivity contribution >= 4 is 23.2 Å². The minimum absolute atomic E-state index is 0.176. The fraction of sp³-hybridized carbons (Fsp3) is 0.0769. The van der Waals surface area contributed by atoms with E-state index in [2.05, 4.69) is 10.3 Å². The van der Waals surface area contributed by atoms with Crippen molar-refractivity contribution in [1.82, 2.24) is 4.98 Å². The molecule has 5 heteroatoms. The van der Waals surface area contributed by atoms with E-state index in [0.29, 0.717) is 11.1 Å². The molecule has 3 nitrogen and oxygen atoms in total. The average Bonchev–Trinajstić information content (AvgIpc) is 2.34. The van der Waals surface area contributed by atoms with Crippen LogP contribution in [-0.4, -0.2) is 10.9 Å². The molecule has 0 fully saturated rings. The molecule has 0 aliphatic carbocycles. The van der Waals surface area contributed by atoms with Crippen molar-refractivity contribution in [2.24, 2.45) is 0 Å². The Labute approximate surface area is 109 Å². The maximum absolute atomic E-state index is 13.6. The van der Waals surface area contributed by atoms with Crippen LogP contribution in [0, 0.1) is 12.7 Å². The highest BCUT2D eigenvalue weighted by Gasteiger charge is 2.11. The van der Waals surface area contributed by atoms with E-state index in [1.807, 2.05) is 0 Å². The number of aromatic nitrogens is 1. The smallest absolute Gasteiger partial charge is 0.255 e. The Kier molecular flexibility index (Phi) is 3.58. The highest BCUT2D eigenvalue weighted by Crippen LogP contribution is 2.19. The lowest BCUT2D eigenvalue weighted by atomic mass is 10.1. The summed E-state index contributed by atoms with van der Waals surface area (Å²) in [6.45, 7) is 1.72. The summed E-state index contributed by atoms with van der Waals surface area (Å²) in [5, 5.41) is 2.74. The Hall–Kier alpha value is -1.94. The molecular formula is C13H10ClFN2O. The molecule has 0 bridgehead atoms. The lowest BCUT2D eigenvalue weighted by Crippen LogP contribution is -2.14. The second-order valence-electron chi connectivity index (χ2n) is 3.75. The number of nitrogens with one attached hydrogen (secondary N) is 1. The summed E-state index contributed by atoms with van der Waals surface area (Å²) in [5.41, 5.74) is 1.16. The Morgan fingerprint density at radius 2 is 2.17 bits per heavy atom. The predicted molar refractivity (Wildman–Crippen MR) is 68.3 cm³/mol. The van der Waals surface area contributed by atoms with Crippen molar-refractivity contribution in [3.63, 3.8) is 0 Å². The van der Waals surface area contributed by atoms with Crippen LogP contribution in [0.5, 0.6) is 0 Å². The first-order valence-corrected chi connectivity index (χ1v) is 5.64. The van der Waals surface area contributed by atoms with Crippen molar-refractivity contribution in [2.45, 2.75) is 6.92 Å². The molecule has 0 aliphatic rings. The van der Waals surface area contributed by atoms with Gasteiger partial charge in [-0.25, -0.2) is 9.37 Å². The van der Waals surface area contributed by atoms with Gasteiger partial charge in [-0.2, -0.15) is 0 Å². The van der Waals surface area contributed by atoms with Gasteiger partial charge in [-0.15, -0.1) is 0 Å². The third-order valence-corrected chi connectivity index (χ3v) is 2.66. The second kappa shape index (κ2) is 5.14. The monoisotopic (exact) mass is 264 g/mol. The number of hydrogen-bond acceptors (Lipinski definition) is 2. The summed E-state index contributed by atoms with van der Waals surface area (Å²) >= 11 is 5.69. The van der Waals surface area contributed by atoms with Gasteiger partial charge in [0.1, 0.15) is 11.0 Å². The molecule has 0 saturated heterocycles. The zero-order chi connectivity index (χ0) is 13.1. The SMILES string of the molecule is Cc1cccc(F)c1NC(=O)c1ccnc(Cl)c1. The molecule has 1 heterocycles. The molecule has 0 aliphatic heterocycles. The number of nitrogens with zero attached hydrogens (tertiary/aromatic N) is 1. The molecule has 0 unspecified atom stereocenters. The molecule has 2 rings (SSSR count). The van der Waals surface area contributed by atoms with E-state index in [0.717, 1.165) is 0 Å². The van der Waals surface area contributed by atoms with Crippen LogP contribution in [0.15, 0.2) is 36.5 Å². The Balaban J connectivity index is 2.27. The molecule has 0 saturated carbocycles. The maximum atomic E-state index is 13.6. The molecule has 0 radical (unpaired) electrons. The summed E-state index contributed by atoms with van der Waals surface area (Å²) < 4.78 is 13.6. The molecule has 92 valence electrons. The van der Waals surface area contributed by atoms with Gasteiger partial charge in [-0.05, 0) is 30.7 Å². The normalized spacial score (nSPS) is 10.2. The number of para-hydroxylation sites is 1. The lowest BCUT2D eigenvalue weighted by molar-refractivity contribution is 0.102. The van der Waals surface area contributed by atoms with Gasteiger partial charge < -0.3 is 5.32 Å². The van der Waals surface area contributed by atoms with Crippen LogP contribution in [-0.2, 0) is 0 Å².